The van der Waals surface area contributed by atoms with E-state index in [4.69, 9.17) is 4.74 Å². The van der Waals surface area contributed by atoms with E-state index in [-0.39, 0.29) is 17.0 Å². The van der Waals surface area contributed by atoms with Crippen LogP contribution in [0.25, 0.3) is 10.9 Å². The molecular formula is C27H32FN4O3+. The molecule has 0 saturated carbocycles. The summed E-state index contributed by atoms with van der Waals surface area (Å²) in [5.41, 5.74) is 4.09. The first kappa shape index (κ1) is 23.4. The minimum atomic E-state index is -0.498. The van der Waals surface area contributed by atoms with Gasteiger partial charge in [0.1, 0.15) is 17.9 Å². The highest BCUT2D eigenvalue weighted by molar-refractivity contribution is 6.07. The van der Waals surface area contributed by atoms with Gasteiger partial charge in [0.15, 0.2) is 11.6 Å². The minimum Gasteiger partial charge on any atom is -0.487 e. The molecule has 2 aliphatic rings. The van der Waals surface area contributed by atoms with Gasteiger partial charge >= 0.3 is 0 Å². The van der Waals surface area contributed by atoms with Crippen LogP contribution in [0.2, 0.25) is 0 Å². The number of hydrogen-bond donors (Lipinski definition) is 2. The summed E-state index contributed by atoms with van der Waals surface area (Å²) < 4.78 is 23.5. The molecule has 0 bridgehead atoms. The SMILES string of the molecule is Cc1cc(C)c(NC(=O)c2cn3c4c(c(N5CC[NH+](C)CC5)c(F)cc4c2=O)OC[C@@H]3C)c(C)c1. The number of aryl methyl sites for hydroxylation is 3. The maximum Gasteiger partial charge on any atom is 0.261 e. The van der Waals surface area contributed by atoms with Crippen LogP contribution >= 0.6 is 0 Å². The first-order valence-corrected chi connectivity index (χ1v) is 12.1. The lowest BCUT2D eigenvalue weighted by molar-refractivity contribution is -0.880. The smallest absolute Gasteiger partial charge is 0.261 e. The number of quaternary nitrogens is 1. The van der Waals surface area contributed by atoms with Crippen molar-refractivity contribution < 1.29 is 18.8 Å². The number of anilines is 2. The average molecular weight is 480 g/mol. The second-order valence-electron chi connectivity index (χ2n) is 10.0. The number of nitrogens with zero attached hydrogens (tertiary/aromatic N) is 2. The lowest BCUT2D eigenvalue weighted by atomic mass is 10.0. The molecule has 7 nitrogen and oxygen atoms in total. The molecule has 0 radical (unpaired) electrons. The van der Waals surface area contributed by atoms with Crippen LogP contribution in [-0.4, -0.2) is 50.3 Å². The molecule has 8 heteroatoms. The molecule has 1 fully saturated rings. The first-order valence-electron chi connectivity index (χ1n) is 12.1. The van der Waals surface area contributed by atoms with E-state index in [0.717, 1.165) is 29.8 Å². The van der Waals surface area contributed by atoms with Crippen LogP contribution < -0.4 is 25.3 Å². The van der Waals surface area contributed by atoms with Crippen molar-refractivity contribution in [2.45, 2.75) is 33.7 Å². The van der Waals surface area contributed by atoms with E-state index in [1.165, 1.54) is 11.0 Å². The van der Waals surface area contributed by atoms with Crippen molar-refractivity contribution in [3.8, 4) is 5.75 Å². The Morgan fingerprint density at radius 1 is 1.14 bits per heavy atom. The molecule has 2 N–H and O–H groups in total. The third-order valence-corrected chi connectivity index (χ3v) is 7.24. The van der Waals surface area contributed by atoms with E-state index in [1.54, 1.807) is 6.20 Å². The van der Waals surface area contributed by atoms with Gasteiger partial charge in [-0.05, 0) is 44.9 Å². The predicted molar refractivity (Wildman–Crippen MR) is 136 cm³/mol. The van der Waals surface area contributed by atoms with Crippen LogP contribution in [0, 0.1) is 26.6 Å². The van der Waals surface area contributed by atoms with Gasteiger partial charge in [-0.3, -0.25) is 9.59 Å². The standard InChI is InChI=1S/C27H31FN4O3/c1-15-10-16(2)22(17(3)11-15)29-27(34)20-13-32-18(4)14-35-26-23(32)19(25(20)33)12-21(28)24(26)31-8-6-30(5)7-9-31/h10-13,18H,6-9,14H2,1-5H3,(H,29,34)/p+1/t18-/m0/s1. The molecule has 3 aromatic rings. The molecule has 5 rings (SSSR count). The van der Waals surface area contributed by atoms with E-state index in [0.29, 0.717) is 42.3 Å². The summed E-state index contributed by atoms with van der Waals surface area (Å²) in [4.78, 5) is 30.2. The van der Waals surface area contributed by atoms with Gasteiger partial charge in [0.05, 0.1) is 50.2 Å². The van der Waals surface area contributed by atoms with Gasteiger partial charge in [-0.15, -0.1) is 0 Å². The molecule has 184 valence electrons. The zero-order valence-corrected chi connectivity index (χ0v) is 20.9. The number of pyridine rings is 1. The largest absolute Gasteiger partial charge is 0.487 e. The Balaban J connectivity index is 1.64. The Bertz CT molecular complexity index is 1380. The Morgan fingerprint density at radius 2 is 1.80 bits per heavy atom. The Kier molecular flexibility index (Phi) is 5.79. The number of carbonyl (C=O) groups is 1. The topological polar surface area (TPSA) is 68.0 Å². The lowest BCUT2D eigenvalue weighted by Gasteiger charge is -2.35. The number of likely N-dealkylation sites (N-methyl/N-ethyl adjacent to an activating group) is 1. The van der Waals surface area contributed by atoms with Crippen molar-refractivity contribution >= 4 is 28.2 Å². The first-order chi connectivity index (χ1) is 16.7. The maximum absolute atomic E-state index is 15.5. The summed E-state index contributed by atoms with van der Waals surface area (Å²) in [6.07, 6.45) is 1.60. The average Bonchev–Trinajstić information content (AvgIpc) is 2.80. The van der Waals surface area contributed by atoms with Crippen molar-refractivity contribution in [2.24, 2.45) is 0 Å². The second kappa shape index (κ2) is 8.68. The lowest BCUT2D eigenvalue weighted by Crippen LogP contribution is -3.12. The number of halogens is 1. The number of aromatic nitrogens is 1. The molecule has 0 aliphatic carbocycles. The Morgan fingerprint density at radius 3 is 2.46 bits per heavy atom. The zero-order chi connectivity index (χ0) is 25.0. The number of benzene rings is 2. The maximum atomic E-state index is 15.5. The molecule has 2 aromatic carbocycles. The molecule has 0 unspecified atom stereocenters. The van der Waals surface area contributed by atoms with Crippen LogP contribution in [-0.2, 0) is 0 Å². The van der Waals surface area contributed by atoms with Gasteiger partial charge in [-0.25, -0.2) is 4.39 Å². The Hall–Kier alpha value is -3.39. The summed E-state index contributed by atoms with van der Waals surface area (Å²) in [5.74, 6) is -0.595. The quantitative estimate of drug-likeness (QED) is 0.606. The van der Waals surface area contributed by atoms with Crippen molar-refractivity contribution in [2.75, 3.05) is 50.1 Å². The third kappa shape index (κ3) is 3.95. The van der Waals surface area contributed by atoms with Gasteiger partial charge < -0.3 is 24.4 Å². The number of nitrogens with one attached hydrogen (secondary N) is 2. The number of piperazine rings is 1. The molecule has 1 amide bonds. The highest BCUT2D eigenvalue weighted by atomic mass is 19.1. The Labute approximate surface area is 204 Å². The van der Waals surface area contributed by atoms with Crippen molar-refractivity contribution in [3.05, 3.63) is 62.7 Å². The van der Waals surface area contributed by atoms with Gasteiger partial charge in [-0.1, -0.05) is 17.7 Å². The van der Waals surface area contributed by atoms with Crippen LogP contribution in [0.4, 0.5) is 15.8 Å². The van der Waals surface area contributed by atoms with Gasteiger partial charge in [0, 0.05) is 11.9 Å². The summed E-state index contributed by atoms with van der Waals surface area (Å²) >= 11 is 0. The molecular weight excluding hydrogens is 447 g/mol. The van der Waals surface area contributed by atoms with Crippen LogP contribution in [0.1, 0.15) is 40.0 Å². The summed E-state index contributed by atoms with van der Waals surface area (Å²) in [6, 6.07) is 5.14. The zero-order valence-electron chi connectivity index (χ0n) is 20.9. The van der Waals surface area contributed by atoms with E-state index in [1.807, 2.05) is 49.3 Å². The number of carbonyl (C=O) groups excluding carboxylic acids is 1. The predicted octanol–water partition coefficient (Wildman–Crippen LogP) is 2.61. The molecule has 35 heavy (non-hydrogen) atoms. The van der Waals surface area contributed by atoms with Gasteiger partial charge in [-0.2, -0.15) is 0 Å². The number of amides is 1. The summed E-state index contributed by atoms with van der Waals surface area (Å²) in [5, 5.41) is 3.08. The van der Waals surface area contributed by atoms with Crippen molar-refractivity contribution in [3.63, 3.8) is 0 Å². The number of ether oxygens (including phenoxy) is 1. The fourth-order valence-electron chi connectivity index (χ4n) is 5.34. The molecule has 2 aliphatic heterocycles. The molecule has 1 atom stereocenters. The normalized spacial score (nSPS) is 18.0. The highest BCUT2D eigenvalue weighted by Gasteiger charge is 2.31. The van der Waals surface area contributed by atoms with Gasteiger partial charge in [0.25, 0.3) is 5.91 Å². The molecule has 1 aromatic heterocycles. The fourth-order valence-corrected chi connectivity index (χ4v) is 5.34. The van der Waals surface area contributed by atoms with E-state index in [9.17, 15) is 9.59 Å². The van der Waals surface area contributed by atoms with Crippen LogP contribution in [0.15, 0.2) is 29.2 Å². The fraction of sp³-hybridized carbons (Fsp3) is 0.407. The molecule has 3 heterocycles. The van der Waals surface area contributed by atoms with Crippen molar-refractivity contribution in [1.29, 1.82) is 0 Å². The van der Waals surface area contributed by atoms with Crippen molar-refractivity contribution in [1.82, 2.24) is 4.57 Å². The van der Waals surface area contributed by atoms with Gasteiger partial charge in [0.2, 0.25) is 5.43 Å². The highest BCUT2D eigenvalue weighted by Crippen LogP contribution is 2.41. The molecule has 1 saturated heterocycles. The van der Waals surface area contributed by atoms with Crippen LogP contribution in [0.3, 0.4) is 0 Å². The van der Waals surface area contributed by atoms with Crippen LogP contribution in [0.5, 0.6) is 5.75 Å². The number of hydrogen-bond acceptors (Lipinski definition) is 4. The van der Waals surface area contributed by atoms with E-state index in [2.05, 4.69) is 12.4 Å². The number of rotatable bonds is 3. The second-order valence-corrected chi connectivity index (χ2v) is 10.0. The van der Waals surface area contributed by atoms with E-state index < -0.39 is 17.2 Å². The minimum absolute atomic E-state index is 0.00748. The van der Waals surface area contributed by atoms with E-state index >= 15 is 4.39 Å². The molecule has 0 spiro atoms. The third-order valence-electron chi connectivity index (χ3n) is 7.24. The monoisotopic (exact) mass is 479 g/mol. The summed E-state index contributed by atoms with van der Waals surface area (Å²) in [6.45, 7) is 11.4. The summed E-state index contributed by atoms with van der Waals surface area (Å²) in [7, 11) is 2.13.